The largest absolute Gasteiger partial charge is 0.495 e. The molecule has 3 rings (SSSR count). The Hall–Kier alpha value is -2.56. The standard InChI is InChI=1S/C18H21ClN4O5S/c1-21-7-9-22(10-8-21)17-11-13(3-6-18(17)28-2)20-29(26,27)14-4-5-15(19)16(12-14)23(24)25/h3-6,11-12,20H,7-10H2,1-2H3. The van der Waals surface area contributed by atoms with Gasteiger partial charge in [-0.3, -0.25) is 14.8 Å². The molecular weight excluding hydrogens is 420 g/mol. The van der Waals surface area contributed by atoms with E-state index in [0.717, 1.165) is 37.9 Å². The highest BCUT2D eigenvalue weighted by Crippen LogP contribution is 2.33. The Labute approximate surface area is 174 Å². The van der Waals surface area contributed by atoms with E-state index in [4.69, 9.17) is 16.3 Å². The molecule has 9 nitrogen and oxygen atoms in total. The van der Waals surface area contributed by atoms with Gasteiger partial charge < -0.3 is 14.5 Å². The predicted molar refractivity (Wildman–Crippen MR) is 112 cm³/mol. The molecule has 0 aliphatic carbocycles. The average Bonchev–Trinajstić information content (AvgIpc) is 2.68. The summed E-state index contributed by atoms with van der Waals surface area (Å²) < 4.78 is 33.4. The lowest BCUT2D eigenvalue weighted by atomic mass is 10.2. The average molecular weight is 441 g/mol. The lowest BCUT2D eigenvalue weighted by Crippen LogP contribution is -2.44. The van der Waals surface area contributed by atoms with Crippen molar-refractivity contribution in [2.24, 2.45) is 0 Å². The first kappa shape index (κ1) is 21.2. The highest BCUT2D eigenvalue weighted by atomic mass is 35.5. The fraction of sp³-hybridized carbons (Fsp3) is 0.333. The van der Waals surface area contributed by atoms with Crippen LogP contribution in [0.4, 0.5) is 17.1 Å². The van der Waals surface area contributed by atoms with Gasteiger partial charge in [-0.05, 0) is 37.4 Å². The summed E-state index contributed by atoms with van der Waals surface area (Å²) in [5, 5.41) is 10.9. The molecule has 1 saturated heterocycles. The molecule has 156 valence electrons. The first-order valence-electron chi connectivity index (χ1n) is 8.79. The molecule has 1 aliphatic rings. The Kier molecular flexibility index (Phi) is 6.15. The van der Waals surface area contributed by atoms with Gasteiger partial charge in [-0.1, -0.05) is 11.6 Å². The lowest BCUT2D eigenvalue weighted by molar-refractivity contribution is -0.384. The first-order valence-corrected chi connectivity index (χ1v) is 10.7. The van der Waals surface area contributed by atoms with E-state index < -0.39 is 20.6 Å². The second-order valence-corrected chi connectivity index (χ2v) is 8.74. The monoisotopic (exact) mass is 440 g/mol. The maximum absolute atomic E-state index is 12.7. The summed E-state index contributed by atoms with van der Waals surface area (Å²) in [6.07, 6.45) is 0. The molecule has 1 fully saturated rings. The summed E-state index contributed by atoms with van der Waals surface area (Å²) in [6.45, 7) is 3.33. The van der Waals surface area contributed by atoms with Gasteiger partial charge in [0.1, 0.15) is 10.8 Å². The van der Waals surface area contributed by atoms with Gasteiger partial charge in [-0.15, -0.1) is 0 Å². The highest BCUT2D eigenvalue weighted by molar-refractivity contribution is 7.92. The zero-order valence-electron chi connectivity index (χ0n) is 16.0. The number of methoxy groups -OCH3 is 1. The van der Waals surface area contributed by atoms with Gasteiger partial charge in [0.05, 0.1) is 28.3 Å². The van der Waals surface area contributed by atoms with Crippen LogP contribution in [0.3, 0.4) is 0 Å². The third-order valence-electron chi connectivity index (χ3n) is 4.70. The summed E-state index contributed by atoms with van der Waals surface area (Å²) in [7, 11) is -0.435. The van der Waals surface area contributed by atoms with Crippen molar-refractivity contribution in [1.82, 2.24) is 4.90 Å². The van der Waals surface area contributed by atoms with E-state index in [1.165, 1.54) is 12.1 Å². The van der Waals surface area contributed by atoms with Crippen LogP contribution >= 0.6 is 11.6 Å². The van der Waals surface area contributed by atoms with E-state index in [0.29, 0.717) is 11.4 Å². The molecule has 0 bridgehead atoms. The van der Waals surface area contributed by atoms with Gasteiger partial charge >= 0.3 is 0 Å². The SMILES string of the molecule is COc1ccc(NS(=O)(=O)c2ccc(Cl)c([N+](=O)[O-])c2)cc1N1CCN(C)CC1. The molecule has 0 atom stereocenters. The number of anilines is 2. The Bertz CT molecular complexity index is 1020. The number of hydrogen-bond donors (Lipinski definition) is 1. The van der Waals surface area contributed by atoms with Crippen LogP contribution in [-0.4, -0.2) is 58.6 Å². The number of nitro benzene ring substituents is 1. The van der Waals surface area contributed by atoms with E-state index >= 15 is 0 Å². The lowest BCUT2D eigenvalue weighted by Gasteiger charge is -2.35. The zero-order chi connectivity index (χ0) is 21.2. The van der Waals surface area contributed by atoms with E-state index in [-0.39, 0.29) is 9.92 Å². The van der Waals surface area contributed by atoms with Gasteiger partial charge in [0.2, 0.25) is 0 Å². The van der Waals surface area contributed by atoms with Gasteiger partial charge in [-0.2, -0.15) is 0 Å². The quantitative estimate of drug-likeness (QED) is 0.543. The number of halogens is 1. The van der Waals surface area contributed by atoms with Crippen LogP contribution in [0.1, 0.15) is 0 Å². The van der Waals surface area contributed by atoms with Gasteiger partial charge in [0.25, 0.3) is 15.7 Å². The molecule has 2 aromatic carbocycles. The molecule has 2 aromatic rings. The second-order valence-electron chi connectivity index (χ2n) is 6.65. The number of benzene rings is 2. The zero-order valence-corrected chi connectivity index (χ0v) is 17.5. The molecule has 11 heteroatoms. The molecule has 1 aliphatic heterocycles. The summed E-state index contributed by atoms with van der Waals surface area (Å²) in [5.41, 5.74) is 0.641. The van der Waals surface area contributed by atoms with Crippen molar-refractivity contribution in [3.05, 3.63) is 51.5 Å². The number of sulfonamides is 1. The molecule has 0 aromatic heterocycles. The van der Waals surface area contributed by atoms with Crippen molar-refractivity contribution in [3.8, 4) is 5.75 Å². The fourth-order valence-corrected chi connectivity index (χ4v) is 4.32. The van der Waals surface area contributed by atoms with Crippen LogP contribution in [-0.2, 0) is 10.0 Å². The van der Waals surface area contributed by atoms with Gasteiger partial charge in [-0.25, -0.2) is 8.42 Å². The number of piperazine rings is 1. The van der Waals surface area contributed by atoms with Gasteiger partial charge in [0.15, 0.2) is 0 Å². The van der Waals surface area contributed by atoms with Crippen molar-refractivity contribution in [1.29, 1.82) is 0 Å². The Morgan fingerprint density at radius 1 is 1.14 bits per heavy atom. The van der Waals surface area contributed by atoms with Crippen molar-refractivity contribution < 1.29 is 18.1 Å². The number of nitrogens with one attached hydrogen (secondary N) is 1. The molecule has 0 radical (unpaired) electrons. The molecule has 0 spiro atoms. The third-order valence-corrected chi connectivity index (χ3v) is 6.40. The fourth-order valence-electron chi connectivity index (χ4n) is 3.06. The van der Waals surface area contributed by atoms with Crippen LogP contribution < -0.4 is 14.4 Å². The second kappa shape index (κ2) is 8.44. The number of nitro groups is 1. The van der Waals surface area contributed by atoms with Crippen LogP contribution in [0, 0.1) is 10.1 Å². The summed E-state index contributed by atoms with van der Waals surface area (Å²) in [6, 6.07) is 8.33. The molecule has 29 heavy (non-hydrogen) atoms. The smallest absolute Gasteiger partial charge is 0.289 e. The normalized spacial score (nSPS) is 15.2. The van der Waals surface area contributed by atoms with Crippen LogP contribution in [0.5, 0.6) is 5.75 Å². The van der Waals surface area contributed by atoms with E-state index in [9.17, 15) is 18.5 Å². The van der Waals surface area contributed by atoms with Crippen molar-refractivity contribution in [3.63, 3.8) is 0 Å². The Balaban J connectivity index is 1.90. The number of nitrogens with zero attached hydrogens (tertiary/aromatic N) is 3. The number of ether oxygens (including phenoxy) is 1. The minimum atomic E-state index is -4.04. The minimum absolute atomic E-state index is 0.129. The van der Waals surface area contributed by atoms with Crippen LogP contribution in [0.15, 0.2) is 41.3 Å². The third kappa shape index (κ3) is 4.72. The summed E-state index contributed by atoms with van der Waals surface area (Å²) in [5.74, 6) is 0.639. The van der Waals surface area contributed by atoms with E-state index in [1.807, 2.05) is 7.05 Å². The molecule has 0 amide bonds. The predicted octanol–water partition coefficient (Wildman–Crippen LogP) is 2.81. The maximum Gasteiger partial charge on any atom is 0.289 e. The Morgan fingerprint density at radius 3 is 2.45 bits per heavy atom. The van der Waals surface area contributed by atoms with Crippen molar-refractivity contribution in [2.45, 2.75) is 4.90 Å². The number of likely N-dealkylation sites (N-methyl/N-ethyl adjacent to an activating group) is 1. The minimum Gasteiger partial charge on any atom is -0.495 e. The first-order chi connectivity index (χ1) is 13.7. The van der Waals surface area contributed by atoms with Crippen molar-refractivity contribution >= 4 is 38.7 Å². The van der Waals surface area contributed by atoms with Crippen molar-refractivity contribution in [2.75, 3.05) is 50.0 Å². The molecular formula is C18H21ClN4O5S. The highest BCUT2D eigenvalue weighted by Gasteiger charge is 2.22. The topological polar surface area (TPSA) is 105 Å². The summed E-state index contributed by atoms with van der Waals surface area (Å²) in [4.78, 5) is 14.4. The molecule has 1 heterocycles. The molecule has 0 saturated carbocycles. The Morgan fingerprint density at radius 2 is 1.83 bits per heavy atom. The maximum atomic E-state index is 12.7. The molecule has 1 N–H and O–H groups in total. The number of rotatable bonds is 6. The molecule has 0 unspecified atom stereocenters. The summed E-state index contributed by atoms with van der Waals surface area (Å²) >= 11 is 5.77. The van der Waals surface area contributed by atoms with E-state index in [1.54, 1.807) is 25.3 Å². The van der Waals surface area contributed by atoms with Crippen LogP contribution in [0.25, 0.3) is 0 Å². The number of hydrogen-bond acceptors (Lipinski definition) is 7. The van der Waals surface area contributed by atoms with E-state index in [2.05, 4.69) is 14.5 Å². The van der Waals surface area contributed by atoms with Gasteiger partial charge in [0, 0.05) is 32.2 Å². The van der Waals surface area contributed by atoms with Crippen LogP contribution in [0.2, 0.25) is 5.02 Å².